The number of terminal acetylenes is 2. The minimum Gasteiger partial charge on any atom is -0.481 e. The fourth-order valence-corrected chi connectivity index (χ4v) is 1.67. The van der Waals surface area contributed by atoms with Crippen molar-refractivity contribution in [2.45, 2.75) is 32.4 Å². The third kappa shape index (κ3) is 4.53. The molecule has 0 fully saturated rings. The molecule has 1 N–H and O–H groups in total. The van der Waals surface area contributed by atoms with Crippen molar-refractivity contribution in [2.75, 3.05) is 6.61 Å². The molecule has 0 saturated carbocycles. The van der Waals surface area contributed by atoms with Crippen LogP contribution in [0.4, 0.5) is 0 Å². The van der Waals surface area contributed by atoms with E-state index in [1.807, 2.05) is 24.3 Å². The lowest BCUT2D eigenvalue weighted by Gasteiger charge is -2.16. The smallest absolute Gasteiger partial charge is 0.148 e. The minimum absolute atomic E-state index is 0.290. The Balaban J connectivity index is 2.61. The molecule has 2 heteroatoms. The molecule has 0 aliphatic carbocycles. The standard InChI is InChI=1S/C16H19NO/c1-4-9-15(6-3)17-13-14-10-7-8-11-16(14)18-12-5-2/h1-2,7-8,10-11,15,17H,6,9,12-13H2,3H3. The maximum atomic E-state index is 5.50. The first-order valence-corrected chi connectivity index (χ1v) is 6.12. The number of rotatable bonds is 7. The van der Waals surface area contributed by atoms with Gasteiger partial charge in [-0.15, -0.1) is 18.8 Å². The fourth-order valence-electron chi connectivity index (χ4n) is 1.67. The number of benzene rings is 1. The van der Waals surface area contributed by atoms with Gasteiger partial charge in [0.25, 0.3) is 0 Å². The number of para-hydroxylation sites is 1. The van der Waals surface area contributed by atoms with Crippen LogP contribution in [0.1, 0.15) is 25.3 Å². The zero-order valence-electron chi connectivity index (χ0n) is 10.8. The maximum Gasteiger partial charge on any atom is 0.148 e. The summed E-state index contributed by atoms with van der Waals surface area (Å²) in [6.45, 7) is 3.15. The Bertz CT molecular complexity index is 439. The highest BCUT2D eigenvalue weighted by Crippen LogP contribution is 2.17. The van der Waals surface area contributed by atoms with Gasteiger partial charge in [-0.05, 0) is 12.5 Å². The second-order valence-electron chi connectivity index (χ2n) is 3.99. The summed E-state index contributed by atoms with van der Waals surface area (Å²) in [6.07, 6.45) is 12.3. The van der Waals surface area contributed by atoms with E-state index >= 15 is 0 Å². The molecule has 1 rings (SSSR count). The van der Waals surface area contributed by atoms with Crippen molar-refractivity contribution in [1.29, 1.82) is 0 Å². The van der Waals surface area contributed by atoms with Crippen molar-refractivity contribution in [3.8, 4) is 30.4 Å². The van der Waals surface area contributed by atoms with Crippen LogP contribution >= 0.6 is 0 Å². The van der Waals surface area contributed by atoms with Gasteiger partial charge in [0.2, 0.25) is 0 Å². The summed E-state index contributed by atoms with van der Waals surface area (Å²) in [4.78, 5) is 0. The average Bonchev–Trinajstić information content (AvgIpc) is 2.42. The molecule has 18 heavy (non-hydrogen) atoms. The van der Waals surface area contributed by atoms with Crippen molar-refractivity contribution in [1.82, 2.24) is 5.32 Å². The van der Waals surface area contributed by atoms with Gasteiger partial charge in [-0.1, -0.05) is 31.0 Å². The quantitative estimate of drug-likeness (QED) is 0.741. The van der Waals surface area contributed by atoms with Crippen LogP contribution in [-0.2, 0) is 6.54 Å². The Labute approximate surface area is 110 Å². The zero-order chi connectivity index (χ0) is 13.2. The van der Waals surface area contributed by atoms with Crippen molar-refractivity contribution >= 4 is 0 Å². The molecule has 0 radical (unpaired) electrons. The van der Waals surface area contributed by atoms with Crippen LogP contribution in [0.2, 0.25) is 0 Å². The largest absolute Gasteiger partial charge is 0.481 e. The lowest BCUT2D eigenvalue weighted by Crippen LogP contribution is -2.27. The lowest BCUT2D eigenvalue weighted by molar-refractivity contribution is 0.363. The zero-order valence-corrected chi connectivity index (χ0v) is 10.8. The molecule has 94 valence electrons. The summed E-state index contributed by atoms with van der Waals surface area (Å²) in [6, 6.07) is 8.23. The molecule has 1 aromatic rings. The molecule has 2 nitrogen and oxygen atoms in total. The van der Waals surface area contributed by atoms with Crippen molar-refractivity contribution in [2.24, 2.45) is 0 Å². The van der Waals surface area contributed by atoms with Crippen molar-refractivity contribution < 1.29 is 4.74 Å². The van der Waals surface area contributed by atoms with E-state index in [4.69, 9.17) is 17.6 Å². The van der Waals surface area contributed by atoms with Gasteiger partial charge in [-0.3, -0.25) is 0 Å². The average molecular weight is 241 g/mol. The summed E-state index contributed by atoms with van der Waals surface area (Å²) in [5.74, 6) is 5.99. The highest BCUT2D eigenvalue weighted by atomic mass is 16.5. The van der Waals surface area contributed by atoms with Gasteiger partial charge in [0, 0.05) is 24.6 Å². The molecule has 1 atom stereocenters. The highest BCUT2D eigenvalue weighted by Gasteiger charge is 2.06. The van der Waals surface area contributed by atoms with Crippen LogP contribution in [0.5, 0.6) is 5.75 Å². The highest BCUT2D eigenvalue weighted by molar-refractivity contribution is 5.33. The van der Waals surface area contributed by atoms with E-state index in [2.05, 4.69) is 24.1 Å². The molecule has 0 amide bonds. The van der Waals surface area contributed by atoms with E-state index in [1.54, 1.807) is 0 Å². The first kappa shape index (κ1) is 14.2. The van der Waals surface area contributed by atoms with Crippen LogP contribution in [0, 0.1) is 24.7 Å². The molecule has 1 aromatic carbocycles. The third-order valence-corrected chi connectivity index (χ3v) is 2.72. The summed E-state index contributed by atoms with van der Waals surface area (Å²) >= 11 is 0. The van der Waals surface area contributed by atoms with Crippen LogP contribution in [0.3, 0.4) is 0 Å². The van der Waals surface area contributed by atoms with E-state index in [-0.39, 0.29) is 0 Å². The molecule has 0 spiro atoms. The molecular weight excluding hydrogens is 222 g/mol. The summed E-state index contributed by atoms with van der Waals surface area (Å²) < 4.78 is 5.50. The van der Waals surface area contributed by atoms with Gasteiger partial charge in [0.1, 0.15) is 12.4 Å². The van der Waals surface area contributed by atoms with E-state index in [1.165, 1.54) is 0 Å². The number of ether oxygens (including phenoxy) is 1. The first-order chi connectivity index (χ1) is 8.81. The SMILES string of the molecule is C#CCOc1ccccc1CNC(CC)CC#C. The molecule has 0 aliphatic rings. The monoisotopic (exact) mass is 241 g/mol. The molecule has 0 aromatic heterocycles. The maximum absolute atomic E-state index is 5.50. The lowest BCUT2D eigenvalue weighted by atomic mass is 10.1. The summed E-state index contributed by atoms with van der Waals surface area (Å²) in [5, 5.41) is 3.43. The van der Waals surface area contributed by atoms with Gasteiger partial charge in [-0.2, -0.15) is 0 Å². The Morgan fingerprint density at radius 2 is 2.06 bits per heavy atom. The Morgan fingerprint density at radius 3 is 2.72 bits per heavy atom. The van der Waals surface area contributed by atoms with Gasteiger partial charge >= 0.3 is 0 Å². The predicted molar refractivity (Wildman–Crippen MR) is 75.1 cm³/mol. The molecular formula is C16H19NO. The van der Waals surface area contributed by atoms with Crippen LogP contribution in [-0.4, -0.2) is 12.6 Å². The number of hydrogen-bond acceptors (Lipinski definition) is 2. The molecule has 0 heterocycles. The number of nitrogens with one attached hydrogen (secondary N) is 1. The minimum atomic E-state index is 0.290. The van der Waals surface area contributed by atoms with Crippen LogP contribution < -0.4 is 10.1 Å². The molecule has 0 aliphatic heterocycles. The topological polar surface area (TPSA) is 21.3 Å². The Hall–Kier alpha value is -1.90. The molecule has 1 unspecified atom stereocenters. The van der Waals surface area contributed by atoms with Gasteiger partial charge < -0.3 is 10.1 Å². The van der Waals surface area contributed by atoms with E-state index < -0.39 is 0 Å². The molecule has 0 bridgehead atoms. The van der Waals surface area contributed by atoms with Crippen molar-refractivity contribution in [3.63, 3.8) is 0 Å². The second-order valence-corrected chi connectivity index (χ2v) is 3.99. The third-order valence-electron chi connectivity index (χ3n) is 2.72. The Kier molecular flexibility index (Phi) is 6.47. The van der Waals surface area contributed by atoms with Crippen LogP contribution in [0.15, 0.2) is 24.3 Å². The van der Waals surface area contributed by atoms with Gasteiger partial charge in [0.05, 0.1) is 0 Å². The second kappa shape index (κ2) is 8.23. The first-order valence-electron chi connectivity index (χ1n) is 6.12. The van der Waals surface area contributed by atoms with Gasteiger partial charge in [0.15, 0.2) is 0 Å². The molecule has 0 saturated heterocycles. The fraction of sp³-hybridized carbons (Fsp3) is 0.375. The van der Waals surface area contributed by atoms with E-state index in [0.29, 0.717) is 12.6 Å². The van der Waals surface area contributed by atoms with Gasteiger partial charge in [-0.25, -0.2) is 0 Å². The van der Waals surface area contributed by atoms with Crippen LogP contribution in [0.25, 0.3) is 0 Å². The van der Waals surface area contributed by atoms with E-state index in [9.17, 15) is 0 Å². The Morgan fingerprint density at radius 1 is 1.28 bits per heavy atom. The normalized spacial score (nSPS) is 11.3. The summed E-state index contributed by atoms with van der Waals surface area (Å²) in [7, 11) is 0. The summed E-state index contributed by atoms with van der Waals surface area (Å²) in [5.41, 5.74) is 1.10. The number of hydrogen-bond donors (Lipinski definition) is 1. The van der Waals surface area contributed by atoms with Crippen molar-refractivity contribution in [3.05, 3.63) is 29.8 Å². The predicted octanol–water partition coefficient (Wildman–Crippen LogP) is 2.59. The van der Waals surface area contributed by atoms with E-state index in [0.717, 1.165) is 30.7 Å².